The minimum atomic E-state index is -3.70. The Kier molecular flexibility index (Phi) is 5.12. The van der Waals surface area contributed by atoms with E-state index < -0.39 is 10.0 Å². The van der Waals surface area contributed by atoms with Crippen LogP contribution >= 0.6 is 0 Å². The Bertz CT molecular complexity index is 889. The Labute approximate surface area is 153 Å². The van der Waals surface area contributed by atoms with Crippen LogP contribution in [0.15, 0.2) is 41.6 Å². The third-order valence-corrected chi connectivity index (χ3v) is 6.39. The van der Waals surface area contributed by atoms with Crippen molar-refractivity contribution in [2.75, 3.05) is 33.7 Å². The molecule has 0 spiro atoms. The first kappa shape index (κ1) is 18.6. The van der Waals surface area contributed by atoms with Crippen LogP contribution in [-0.2, 0) is 17.1 Å². The number of sulfonamides is 1. The molecule has 3 rings (SSSR count). The molecule has 9 heteroatoms. The van der Waals surface area contributed by atoms with Gasteiger partial charge in [-0.1, -0.05) is 0 Å². The molecule has 1 aliphatic heterocycles. The number of amides is 1. The normalized spacial score (nSPS) is 18.7. The predicted molar refractivity (Wildman–Crippen MR) is 97.2 cm³/mol. The van der Waals surface area contributed by atoms with Gasteiger partial charge in [-0.15, -0.1) is 0 Å². The molecule has 1 aliphatic rings. The van der Waals surface area contributed by atoms with Gasteiger partial charge in [-0.05, 0) is 24.3 Å². The molecule has 0 aliphatic carbocycles. The lowest BCUT2D eigenvalue weighted by atomic mass is 10.2. The first-order valence-electron chi connectivity index (χ1n) is 8.34. The predicted octanol–water partition coefficient (Wildman–Crippen LogP) is 0.457. The van der Waals surface area contributed by atoms with Crippen LogP contribution in [0.4, 0.5) is 0 Å². The zero-order valence-electron chi connectivity index (χ0n) is 15.1. The molecule has 2 heterocycles. The second-order valence-corrected chi connectivity index (χ2v) is 8.35. The van der Waals surface area contributed by atoms with Gasteiger partial charge < -0.3 is 14.8 Å². The number of piperazine rings is 1. The zero-order chi connectivity index (χ0) is 18.9. The summed E-state index contributed by atoms with van der Waals surface area (Å²) >= 11 is 0. The average molecular weight is 377 g/mol. The summed E-state index contributed by atoms with van der Waals surface area (Å²) in [5.74, 6) is 0.530. The van der Waals surface area contributed by atoms with E-state index in [1.165, 1.54) is 21.3 Å². The summed E-state index contributed by atoms with van der Waals surface area (Å²) in [6, 6.07) is 5.70. The van der Waals surface area contributed by atoms with Crippen molar-refractivity contribution >= 4 is 15.9 Å². The van der Waals surface area contributed by atoms with Gasteiger partial charge >= 0.3 is 0 Å². The van der Waals surface area contributed by atoms with Gasteiger partial charge in [0, 0.05) is 58.7 Å². The maximum atomic E-state index is 13.2. The van der Waals surface area contributed by atoms with Crippen LogP contribution in [0.1, 0.15) is 22.2 Å². The number of aryl methyl sites for hydroxylation is 1. The van der Waals surface area contributed by atoms with Gasteiger partial charge in [0.1, 0.15) is 5.82 Å². The molecule has 8 nitrogen and oxygen atoms in total. The molecule has 1 unspecified atom stereocenters. The second-order valence-electron chi connectivity index (χ2n) is 6.46. The molecule has 0 saturated carbocycles. The molecular formula is C17H23N5O3S. The third-order valence-electron chi connectivity index (χ3n) is 4.46. The third kappa shape index (κ3) is 3.37. The highest BCUT2D eigenvalue weighted by molar-refractivity contribution is 7.89. The number of imidazole rings is 1. The lowest BCUT2D eigenvalue weighted by molar-refractivity contribution is 0.0827. The highest BCUT2D eigenvalue weighted by Gasteiger charge is 2.36. The van der Waals surface area contributed by atoms with Gasteiger partial charge in [0.05, 0.1) is 10.9 Å². The maximum absolute atomic E-state index is 13.2. The summed E-state index contributed by atoms with van der Waals surface area (Å²) in [7, 11) is 1.46. The monoisotopic (exact) mass is 377 g/mol. The van der Waals surface area contributed by atoms with Gasteiger partial charge in [0.15, 0.2) is 0 Å². The van der Waals surface area contributed by atoms with Gasteiger partial charge in [0.2, 0.25) is 10.0 Å². The first-order valence-corrected chi connectivity index (χ1v) is 9.78. The van der Waals surface area contributed by atoms with Crippen molar-refractivity contribution in [2.45, 2.75) is 10.9 Å². The first-order chi connectivity index (χ1) is 12.3. The summed E-state index contributed by atoms with van der Waals surface area (Å²) in [5, 5.41) is 3.23. The summed E-state index contributed by atoms with van der Waals surface area (Å²) < 4.78 is 29.7. The Balaban J connectivity index is 1.93. The van der Waals surface area contributed by atoms with Crippen molar-refractivity contribution in [1.29, 1.82) is 0 Å². The fourth-order valence-electron chi connectivity index (χ4n) is 3.05. The number of benzene rings is 1. The fraction of sp³-hybridized carbons (Fsp3) is 0.412. The number of carbonyl (C=O) groups is 1. The van der Waals surface area contributed by atoms with Crippen LogP contribution in [0.5, 0.6) is 0 Å². The maximum Gasteiger partial charge on any atom is 0.253 e. The van der Waals surface area contributed by atoms with Crippen LogP contribution in [0, 0.1) is 0 Å². The highest BCUT2D eigenvalue weighted by Crippen LogP contribution is 2.28. The number of hydrogen-bond acceptors (Lipinski definition) is 5. The molecule has 1 aromatic carbocycles. The van der Waals surface area contributed by atoms with E-state index >= 15 is 0 Å². The second kappa shape index (κ2) is 7.18. The van der Waals surface area contributed by atoms with Gasteiger partial charge in [-0.25, -0.2) is 13.4 Å². The van der Waals surface area contributed by atoms with Crippen molar-refractivity contribution in [1.82, 2.24) is 24.1 Å². The van der Waals surface area contributed by atoms with Crippen LogP contribution in [0.25, 0.3) is 0 Å². The lowest BCUT2D eigenvalue weighted by Gasteiger charge is -2.34. The Hall–Kier alpha value is -2.23. The van der Waals surface area contributed by atoms with Crippen molar-refractivity contribution in [3.05, 3.63) is 48.0 Å². The lowest BCUT2D eigenvalue weighted by Crippen LogP contribution is -2.49. The van der Waals surface area contributed by atoms with E-state index in [9.17, 15) is 13.2 Å². The Morgan fingerprint density at radius 1 is 1.27 bits per heavy atom. The number of nitrogens with zero attached hydrogens (tertiary/aromatic N) is 4. The van der Waals surface area contributed by atoms with Crippen LogP contribution in [-0.4, -0.2) is 66.8 Å². The molecule has 1 N–H and O–H groups in total. The minimum absolute atomic E-state index is 0.165. The summed E-state index contributed by atoms with van der Waals surface area (Å²) in [4.78, 5) is 17.9. The van der Waals surface area contributed by atoms with E-state index in [4.69, 9.17) is 0 Å². The van der Waals surface area contributed by atoms with E-state index in [-0.39, 0.29) is 16.8 Å². The molecule has 1 fully saturated rings. The standard InChI is InChI=1S/C17H23N5O3S/c1-20(2)17(23)13-4-6-14(7-5-13)26(24,25)22-11-8-18-12-15(22)16-19-9-10-21(16)3/h4-7,9-10,15,18H,8,11-12H2,1-3H3. The number of hydrogen-bond donors (Lipinski definition) is 1. The molecule has 1 amide bonds. The fourth-order valence-corrected chi connectivity index (χ4v) is 4.64. The van der Waals surface area contributed by atoms with Gasteiger partial charge in [-0.2, -0.15) is 4.31 Å². The Morgan fingerprint density at radius 3 is 2.54 bits per heavy atom. The summed E-state index contributed by atoms with van der Waals surface area (Å²) in [6.45, 7) is 1.44. The van der Waals surface area contributed by atoms with Gasteiger partial charge in [-0.3, -0.25) is 4.79 Å². The van der Waals surface area contributed by atoms with Crippen molar-refractivity contribution in [3.8, 4) is 0 Å². The molecule has 2 aromatic rings. The number of carbonyl (C=O) groups excluding carboxylic acids is 1. The van der Waals surface area contributed by atoms with Crippen LogP contribution < -0.4 is 5.32 Å². The molecule has 0 radical (unpaired) electrons. The molecule has 140 valence electrons. The van der Waals surface area contributed by atoms with Crippen molar-refractivity contribution in [3.63, 3.8) is 0 Å². The Morgan fingerprint density at radius 2 is 1.96 bits per heavy atom. The molecule has 0 bridgehead atoms. The highest BCUT2D eigenvalue weighted by atomic mass is 32.2. The van der Waals surface area contributed by atoms with E-state index in [1.54, 1.807) is 38.6 Å². The quantitative estimate of drug-likeness (QED) is 0.836. The number of rotatable bonds is 4. The van der Waals surface area contributed by atoms with Crippen LogP contribution in [0.3, 0.4) is 0 Å². The molecular weight excluding hydrogens is 354 g/mol. The van der Waals surface area contributed by atoms with Crippen molar-refractivity contribution < 1.29 is 13.2 Å². The molecule has 1 saturated heterocycles. The number of nitrogens with one attached hydrogen (secondary N) is 1. The largest absolute Gasteiger partial charge is 0.345 e. The minimum Gasteiger partial charge on any atom is -0.345 e. The molecule has 1 atom stereocenters. The van der Waals surface area contributed by atoms with Crippen molar-refractivity contribution in [2.24, 2.45) is 7.05 Å². The van der Waals surface area contributed by atoms with Gasteiger partial charge in [0.25, 0.3) is 5.91 Å². The van der Waals surface area contributed by atoms with E-state index in [1.807, 2.05) is 11.6 Å². The number of aromatic nitrogens is 2. The topological polar surface area (TPSA) is 87.5 Å². The zero-order valence-corrected chi connectivity index (χ0v) is 15.9. The molecule has 1 aromatic heterocycles. The van der Waals surface area contributed by atoms with E-state index in [0.29, 0.717) is 31.0 Å². The SMILES string of the molecule is CN(C)C(=O)c1ccc(S(=O)(=O)N2CCNCC2c2nccn2C)cc1. The molecule has 26 heavy (non-hydrogen) atoms. The summed E-state index contributed by atoms with van der Waals surface area (Å²) in [6.07, 6.45) is 3.47. The summed E-state index contributed by atoms with van der Waals surface area (Å²) in [5.41, 5.74) is 0.454. The average Bonchev–Trinajstić information content (AvgIpc) is 3.07. The smallest absolute Gasteiger partial charge is 0.253 e. The van der Waals surface area contributed by atoms with E-state index in [2.05, 4.69) is 10.3 Å². The van der Waals surface area contributed by atoms with E-state index in [0.717, 1.165) is 0 Å². The van der Waals surface area contributed by atoms with Crippen LogP contribution in [0.2, 0.25) is 0 Å².